The van der Waals surface area contributed by atoms with E-state index in [1.165, 1.54) is 25.7 Å². The van der Waals surface area contributed by atoms with Crippen LogP contribution in [-0.4, -0.2) is 18.8 Å². The maximum atomic E-state index is 12.4. The summed E-state index contributed by atoms with van der Waals surface area (Å²) in [5.74, 6) is 2.05. The summed E-state index contributed by atoms with van der Waals surface area (Å²) in [6.45, 7) is 7.81. The van der Waals surface area contributed by atoms with Gasteiger partial charge in [-0.1, -0.05) is 48.7 Å². The zero-order valence-corrected chi connectivity index (χ0v) is 22.8. The number of carbonyl (C=O) groups excluding carboxylic acids is 2. The lowest BCUT2D eigenvalue weighted by molar-refractivity contribution is -0.121. The molecule has 2 aromatic carbocycles. The van der Waals surface area contributed by atoms with E-state index in [2.05, 4.69) is 28.2 Å². The van der Waals surface area contributed by atoms with Crippen LogP contribution in [0.15, 0.2) is 34.8 Å². The van der Waals surface area contributed by atoms with Crippen molar-refractivity contribution in [1.29, 1.82) is 0 Å². The first-order valence-corrected chi connectivity index (χ1v) is 13.0. The lowest BCUT2D eigenvalue weighted by Crippen LogP contribution is -2.27. The van der Waals surface area contributed by atoms with E-state index in [4.69, 9.17) is 10.5 Å². The average molecular weight is 532 g/mol. The Morgan fingerprint density at radius 1 is 1.12 bits per heavy atom. The molecule has 0 radical (unpaired) electrons. The van der Waals surface area contributed by atoms with Crippen molar-refractivity contribution in [1.82, 2.24) is 0 Å². The highest BCUT2D eigenvalue weighted by atomic mass is 79.9. The lowest BCUT2D eigenvalue weighted by atomic mass is 9.80. The average Bonchev–Trinajstić information content (AvgIpc) is 2.81. The number of methoxy groups -OCH3 is 1. The summed E-state index contributed by atoms with van der Waals surface area (Å²) in [5, 5.41) is 3.04. The number of ketones is 1. The fourth-order valence-corrected chi connectivity index (χ4v) is 5.35. The summed E-state index contributed by atoms with van der Waals surface area (Å²) in [7, 11) is 1.66. The number of carbonyl (C=O) groups is 2. The van der Waals surface area contributed by atoms with Crippen molar-refractivity contribution in [3.05, 3.63) is 51.5 Å². The number of halogens is 1. The molecule has 0 aromatic heterocycles. The van der Waals surface area contributed by atoms with E-state index >= 15 is 0 Å². The van der Waals surface area contributed by atoms with E-state index in [1.54, 1.807) is 20.1 Å². The van der Waals surface area contributed by atoms with Crippen molar-refractivity contribution in [2.75, 3.05) is 18.2 Å². The Hall–Kier alpha value is -2.34. The second-order valence-electron chi connectivity index (χ2n) is 9.12. The standard InChI is InChI=1S/C18H27NO2.C10H12BrNO/c1-4-5-14-7-9-15(10-8-14)18(20)19-16-11-6-13(2)17(12-16)21-3;1-3-8-9(6(2)13)4-7(12)5-10(8)11/h6,11-12,14-15H,4-5,7-10H2,1-3H3,(H,19,20);4-5H,3,12H2,1-2H3. The zero-order chi connectivity index (χ0) is 25.3. The summed E-state index contributed by atoms with van der Waals surface area (Å²) < 4.78 is 6.22. The Morgan fingerprint density at radius 2 is 1.79 bits per heavy atom. The molecule has 0 unspecified atom stereocenters. The zero-order valence-electron chi connectivity index (χ0n) is 21.2. The van der Waals surface area contributed by atoms with Gasteiger partial charge >= 0.3 is 0 Å². The number of Topliss-reactive ketones (excluding diaryl/α,β-unsaturated/α-hetero) is 1. The number of aryl methyl sites for hydroxylation is 1. The molecule has 5 nitrogen and oxygen atoms in total. The van der Waals surface area contributed by atoms with Crippen molar-refractivity contribution in [2.24, 2.45) is 11.8 Å². The Morgan fingerprint density at radius 3 is 2.35 bits per heavy atom. The highest BCUT2D eigenvalue weighted by Gasteiger charge is 2.26. The first kappa shape index (κ1) is 27.9. The molecule has 2 aromatic rings. The molecular formula is C28H39BrN2O3. The Bertz CT molecular complexity index is 982. The number of benzene rings is 2. The topological polar surface area (TPSA) is 81.4 Å². The van der Waals surface area contributed by atoms with E-state index in [0.717, 1.165) is 57.8 Å². The molecule has 186 valence electrons. The lowest BCUT2D eigenvalue weighted by Gasteiger charge is -2.27. The largest absolute Gasteiger partial charge is 0.496 e. The maximum Gasteiger partial charge on any atom is 0.227 e. The molecule has 0 saturated heterocycles. The van der Waals surface area contributed by atoms with Crippen molar-refractivity contribution >= 4 is 39.0 Å². The monoisotopic (exact) mass is 530 g/mol. The summed E-state index contributed by atoms with van der Waals surface area (Å²) >= 11 is 3.39. The van der Waals surface area contributed by atoms with Gasteiger partial charge < -0.3 is 15.8 Å². The molecular weight excluding hydrogens is 492 g/mol. The number of hydrogen-bond donors (Lipinski definition) is 2. The molecule has 0 bridgehead atoms. The van der Waals surface area contributed by atoms with E-state index in [0.29, 0.717) is 5.69 Å². The summed E-state index contributed by atoms with van der Waals surface area (Å²) in [5.41, 5.74) is 9.92. The second-order valence-corrected chi connectivity index (χ2v) is 9.97. The minimum atomic E-state index is 0.0600. The predicted octanol–water partition coefficient (Wildman–Crippen LogP) is 7.34. The minimum absolute atomic E-state index is 0.0600. The van der Waals surface area contributed by atoms with Crippen LogP contribution in [0.25, 0.3) is 0 Å². The molecule has 6 heteroatoms. The van der Waals surface area contributed by atoms with Gasteiger partial charge in [-0.15, -0.1) is 0 Å². The molecule has 34 heavy (non-hydrogen) atoms. The van der Waals surface area contributed by atoms with Crippen molar-refractivity contribution < 1.29 is 14.3 Å². The van der Waals surface area contributed by atoms with E-state index in [1.807, 2.05) is 38.1 Å². The highest BCUT2D eigenvalue weighted by molar-refractivity contribution is 9.10. The van der Waals surface area contributed by atoms with Gasteiger partial charge in [-0.3, -0.25) is 9.59 Å². The van der Waals surface area contributed by atoms with Gasteiger partial charge in [0, 0.05) is 33.4 Å². The van der Waals surface area contributed by atoms with Gasteiger partial charge in [-0.2, -0.15) is 0 Å². The molecule has 0 spiro atoms. The Labute approximate surface area is 213 Å². The van der Waals surface area contributed by atoms with Gasteiger partial charge in [-0.25, -0.2) is 0 Å². The van der Waals surface area contributed by atoms with Crippen LogP contribution in [0.5, 0.6) is 5.75 Å². The number of ether oxygens (including phenoxy) is 1. The van der Waals surface area contributed by atoms with Crippen LogP contribution < -0.4 is 15.8 Å². The summed E-state index contributed by atoms with van der Waals surface area (Å²) in [4.78, 5) is 23.6. The van der Waals surface area contributed by atoms with Gasteiger partial charge in [-0.05, 0) is 81.2 Å². The fraction of sp³-hybridized carbons (Fsp3) is 0.500. The number of hydrogen-bond acceptors (Lipinski definition) is 4. The molecule has 1 aliphatic rings. The molecule has 0 atom stereocenters. The van der Waals surface area contributed by atoms with Gasteiger partial charge in [0.25, 0.3) is 0 Å². The molecule has 3 rings (SSSR count). The third-order valence-corrected chi connectivity index (χ3v) is 7.25. The Kier molecular flexibility index (Phi) is 11.1. The summed E-state index contributed by atoms with van der Waals surface area (Å²) in [6, 6.07) is 9.37. The molecule has 1 fully saturated rings. The fourth-order valence-electron chi connectivity index (χ4n) is 4.59. The van der Waals surface area contributed by atoms with E-state index in [9.17, 15) is 9.59 Å². The quantitative estimate of drug-likeness (QED) is 0.289. The molecule has 1 saturated carbocycles. The molecule has 1 amide bonds. The smallest absolute Gasteiger partial charge is 0.227 e. The molecule has 0 aliphatic heterocycles. The summed E-state index contributed by atoms with van der Waals surface area (Å²) in [6.07, 6.45) is 7.84. The van der Waals surface area contributed by atoms with Crippen LogP contribution >= 0.6 is 15.9 Å². The Balaban J connectivity index is 0.000000270. The molecule has 3 N–H and O–H groups in total. The van der Waals surface area contributed by atoms with Crippen molar-refractivity contribution in [3.63, 3.8) is 0 Å². The van der Waals surface area contributed by atoms with E-state index in [-0.39, 0.29) is 17.6 Å². The second kappa shape index (κ2) is 13.5. The highest BCUT2D eigenvalue weighted by Crippen LogP contribution is 2.32. The third kappa shape index (κ3) is 7.86. The number of amides is 1. The van der Waals surface area contributed by atoms with Crippen LogP contribution in [0.3, 0.4) is 0 Å². The SMILES string of the molecule is CCCC1CCC(C(=O)Nc2ccc(C)c(OC)c2)CC1.CCc1c(Br)cc(N)cc1C(C)=O. The normalized spacial score (nSPS) is 17.4. The number of rotatable bonds is 7. The maximum absolute atomic E-state index is 12.4. The number of nitrogen functional groups attached to an aromatic ring is 1. The van der Waals surface area contributed by atoms with Gasteiger partial charge in [0.2, 0.25) is 5.91 Å². The first-order valence-electron chi connectivity index (χ1n) is 12.2. The van der Waals surface area contributed by atoms with Crippen molar-refractivity contribution in [2.45, 2.75) is 72.6 Å². The first-order chi connectivity index (χ1) is 16.2. The number of anilines is 2. The van der Waals surface area contributed by atoms with E-state index < -0.39 is 0 Å². The predicted molar refractivity (Wildman–Crippen MR) is 145 cm³/mol. The van der Waals surface area contributed by atoms with Gasteiger partial charge in [0.05, 0.1) is 7.11 Å². The van der Waals surface area contributed by atoms with Crippen molar-refractivity contribution in [3.8, 4) is 5.75 Å². The molecule has 1 aliphatic carbocycles. The third-order valence-electron chi connectivity index (χ3n) is 6.54. The van der Waals surface area contributed by atoms with Gasteiger partial charge in [0.15, 0.2) is 5.78 Å². The van der Waals surface area contributed by atoms with Crippen LogP contribution in [-0.2, 0) is 11.2 Å². The van der Waals surface area contributed by atoms with Gasteiger partial charge in [0.1, 0.15) is 5.75 Å². The number of nitrogens with one attached hydrogen (secondary N) is 1. The minimum Gasteiger partial charge on any atom is -0.496 e. The molecule has 0 heterocycles. The van der Waals surface area contributed by atoms with Crippen LogP contribution in [0.2, 0.25) is 0 Å². The van der Waals surface area contributed by atoms with Crippen LogP contribution in [0.4, 0.5) is 11.4 Å². The van der Waals surface area contributed by atoms with Crippen LogP contribution in [0.1, 0.15) is 80.8 Å². The van der Waals surface area contributed by atoms with Crippen LogP contribution in [0, 0.1) is 18.8 Å². The number of nitrogens with two attached hydrogens (primary N) is 1.